The van der Waals surface area contributed by atoms with Crippen molar-refractivity contribution in [1.29, 1.82) is 0 Å². The summed E-state index contributed by atoms with van der Waals surface area (Å²) in [5.74, 6) is 1.75. The topological polar surface area (TPSA) is 71.0 Å². The van der Waals surface area contributed by atoms with Gasteiger partial charge in [0.25, 0.3) is 0 Å². The van der Waals surface area contributed by atoms with Crippen LogP contribution in [-0.4, -0.2) is 38.8 Å². The zero-order chi connectivity index (χ0) is 19.3. The van der Waals surface area contributed by atoms with Crippen LogP contribution in [0.5, 0.6) is 0 Å². The minimum atomic E-state index is 0.107. The highest BCUT2D eigenvalue weighted by molar-refractivity contribution is 5.73. The number of carbonyl (C=O) groups excluding carboxylic acids is 1. The summed E-state index contributed by atoms with van der Waals surface area (Å²) >= 11 is 0. The second-order valence-electron chi connectivity index (χ2n) is 7.03. The molecular weight excluding hydrogens is 350 g/mol. The summed E-state index contributed by atoms with van der Waals surface area (Å²) < 4.78 is 0. The Hall–Kier alpha value is -3.28. The van der Waals surface area contributed by atoms with Crippen LogP contribution in [0, 0.1) is 0 Å². The fraction of sp³-hybridized carbons (Fsp3) is 0.273. The number of anilines is 2. The van der Waals surface area contributed by atoms with Gasteiger partial charge in [0.15, 0.2) is 0 Å². The van der Waals surface area contributed by atoms with E-state index in [2.05, 4.69) is 10.3 Å². The average Bonchev–Trinajstić information content (AvgIpc) is 2.75. The van der Waals surface area contributed by atoms with Gasteiger partial charge < -0.3 is 10.2 Å². The molecule has 2 aromatic heterocycles. The first-order chi connectivity index (χ1) is 13.7. The lowest BCUT2D eigenvalue weighted by atomic mass is 9.97. The van der Waals surface area contributed by atoms with Crippen molar-refractivity contribution in [2.45, 2.75) is 25.7 Å². The van der Waals surface area contributed by atoms with Crippen LogP contribution in [0.15, 0.2) is 60.9 Å². The van der Waals surface area contributed by atoms with E-state index in [1.807, 2.05) is 53.4 Å². The summed E-state index contributed by atoms with van der Waals surface area (Å²) in [5, 5.41) is 3.38. The molecule has 0 saturated carbocycles. The molecule has 3 heterocycles. The molecule has 1 aliphatic heterocycles. The molecule has 1 fully saturated rings. The molecule has 1 atom stereocenters. The second-order valence-corrected chi connectivity index (χ2v) is 7.03. The highest BCUT2D eigenvalue weighted by Gasteiger charge is 2.25. The monoisotopic (exact) mass is 373 g/mol. The maximum atomic E-state index is 11.8. The number of piperidine rings is 1. The number of hydrogen-bond donors (Lipinski definition) is 1. The van der Waals surface area contributed by atoms with Crippen molar-refractivity contribution in [2.75, 3.05) is 18.4 Å². The van der Waals surface area contributed by atoms with Crippen LogP contribution in [0.25, 0.3) is 11.3 Å². The fourth-order valence-corrected chi connectivity index (χ4v) is 3.52. The van der Waals surface area contributed by atoms with Gasteiger partial charge in [0.2, 0.25) is 5.91 Å². The summed E-state index contributed by atoms with van der Waals surface area (Å²) in [4.78, 5) is 27.6. The SMILES string of the molecule is CC(=O)N1CCCC(c2nc(Nc3ccccc3)cc(-c3cccnc3)n2)C1. The number of hydrogen-bond acceptors (Lipinski definition) is 5. The van der Waals surface area contributed by atoms with E-state index < -0.39 is 0 Å². The van der Waals surface area contributed by atoms with Crippen molar-refractivity contribution < 1.29 is 4.79 Å². The van der Waals surface area contributed by atoms with Crippen molar-refractivity contribution in [3.63, 3.8) is 0 Å². The third kappa shape index (κ3) is 4.17. The number of likely N-dealkylation sites (tertiary alicyclic amines) is 1. The van der Waals surface area contributed by atoms with Gasteiger partial charge in [0, 0.05) is 55.6 Å². The number of aromatic nitrogens is 3. The van der Waals surface area contributed by atoms with Crippen LogP contribution in [0.3, 0.4) is 0 Å². The van der Waals surface area contributed by atoms with Gasteiger partial charge in [0.05, 0.1) is 5.69 Å². The molecule has 28 heavy (non-hydrogen) atoms. The second kappa shape index (κ2) is 8.17. The summed E-state index contributed by atoms with van der Waals surface area (Å²) in [6.07, 6.45) is 5.50. The summed E-state index contributed by atoms with van der Waals surface area (Å²) in [6, 6.07) is 15.8. The first-order valence-corrected chi connectivity index (χ1v) is 9.56. The molecule has 0 radical (unpaired) electrons. The first kappa shape index (κ1) is 18.1. The van der Waals surface area contributed by atoms with Gasteiger partial charge >= 0.3 is 0 Å². The minimum absolute atomic E-state index is 0.107. The van der Waals surface area contributed by atoms with Crippen LogP contribution in [0.2, 0.25) is 0 Å². The Kier molecular flexibility index (Phi) is 5.28. The van der Waals surface area contributed by atoms with Gasteiger partial charge in [-0.25, -0.2) is 9.97 Å². The molecule has 1 aromatic carbocycles. The molecular formula is C22H23N5O. The van der Waals surface area contributed by atoms with Crippen molar-refractivity contribution in [3.8, 4) is 11.3 Å². The molecule has 1 saturated heterocycles. The van der Waals surface area contributed by atoms with Gasteiger partial charge in [-0.2, -0.15) is 0 Å². The number of para-hydroxylation sites is 1. The maximum Gasteiger partial charge on any atom is 0.219 e. The lowest BCUT2D eigenvalue weighted by Crippen LogP contribution is -2.38. The maximum absolute atomic E-state index is 11.8. The van der Waals surface area contributed by atoms with Gasteiger partial charge in [0.1, 0.15) is 11.6 Å². The molecule has 0 aliphatic carbocycles. The quantitative estimate of drug-likeness (QED) is 0.748. The first-order valence-electron chi connectivity index (χ1n) is 9.56. The zero-order valence-electron chi connectivity index (χ0n) is 15.9. The molecule has 142 valence electrons. The van der Waals surface area contributed by atoms with E-state index in [-0.39, 0.29) is 11.8 Å². The number of nitrogens with zero attached hydrogens (tertiary/aromatic N) is 4. The van der Waals surface area contributed by atoms with E-state index in [1.54, 1.807) is 19.3 Å². The number of rotatable bonds is 4. The molecule has 0 bridgehead atoms. The zero-order valence-corrected chi connectivity index (χ0v) is 15.9. The van der Waals surface area contributed by atoms with E-state index in [9.17, 15) is 4.79 Å². The summed E-state index contributed by atoms with van der Waals surface area (Å²) in [5.41, 5.74) is 2.75. The number of benzene rings is 1. The third-order valence-electron chi connectivity index (χ3n) is 4.98. The largest absolute Gasteiger partial charge is 0.342 e. The highest BCUT2D eigenvalue weighted by atomic mass is 16.2. The summed E-state index contributed by atoms with van der Waals surface area (Å²) in [7, 11) is 0. The average molecular weight is 373 g/mol. The number of amides is 1. The van der Waals surface area contributed by atoms with E-state index in [1.165, 1.54) is 0 Å². The van der Waals surface area contributed by atoms with Gasteiger partial charge in [-0.1, -0.05) is 18.2 Å². The third-order valence-corrected chi connectivity index (χ3v) is 4.98. The van der Waals surface area contributed by atoms with Crippen LogP contribution in [0.1, 0.15) is 31.5 Å². The minimum Gasteiger partial charge on any atom is -0.342 e. The van der Waals surface area contributed by atoms with Crippen LogP contribution >= 0.6 is 0 Å². The predicted molar refractivity (Wildman–Crippen MR) is 109 cm³/mol. The number of carbonyl (C=O) groups is 1. The highest BCUT2D eigenvalue weighted by Crippen LogP contribution is 2.29. The summed E-state index contributed by atoms with van der Waals surface area (Å²) in [6.45, 7) is 3.09. The van der Waals surface area contributed by atoms with Crippen molar-refractivity contribution in [3.05, 3.63) is 66.7 Å². The van der Waals surface area contributed by atoms with E-state index in [0.29, 0.717) is 6.54 Å². The Bertz CT molecular complexity index is 946. The lowest BCUT2D eigenvalue weighted by molar-refractivity contribution is -0.130. The van der Waals surface area contributed by atoms with Crippen LogP contribution in [-0.2, 0) is 4.79 Å². The van der Waals surface area contributed by atoms with Gasteiger partial charge in [-0.3, -0.25) is 9.78 Å². The molecule has 1 amide bonds. The van der Waals surface area contributed by atoms with Crippen molar-refractivity contribution >= 4 is 17.4 Å². The molecule has 1 aliphatic rings. The number of nitrogens with one attached hydrogen (secondary N) is 1. The lowest BCUT2D eigenvalue weighted by Gasteiger charge is -2.31. The molecule has 3 aromatic rings. The smallest absolute Gasteiger partial charge is 0.219 e. The van der Waals surface area contributed by atoms with Gasteiger partial charge in [-0.15, -0.1) is 0 Å². The number of pyridine rings is 1. The van der Waals surface area contributed by atoms with E-state index in [4.69, 9.17) is 9.97 Å². The predicted octanol–water partition coefficient (Wildman–Crippen LogP) is 4.01. The fourth-order valence-electron chi connectivity index (χ4n) is 3.52. The van der Waals surface area contributed by atoms with Crippen molar-refractivity contribution in [1.82, 2.24) is 19.9 Å². The molecule has 1 N–H and O–H groups in total. The van der Waals surface area contributed by atoms with Crippen LogP contribution in [0.4, 0.5) is 11.5 Å². The standard InChI is InChI=1S/C22H23N5O/c1-16(28)27-12-6-8-18(15-27)22-25-20(17-7-5-11-23-14-17)13-21(26-22)24-19-9-3-2-4-10-19/h2-5,7,9-11,13-14,18H,6,8,12,15H2,1H3,(H,24,25,26). The Labute approximate surface area is 164 Å². The Balaban J connectivity index is 1.70. The molecule has 4 rings (SSSR count). The molecule has 0 spiro atoms. The Morgan fingerprint density at radius 3 is 2.75 bits per heavy atom. The van der Waals surface area contributed by atoms with Crippen LogP contribution < -0.4 is 5.32 Å². The molecule has 6 heteroatoms. The molecule has 6 nitrogen and oxygen atoms in total. The van der Waals surface area contributed by atoms with E-state index >= 15 is 0 Å². The Morgan fingerprint density at radius 2 is 2.00 bits per heavy atom. The molecule has 1 unspecified atom stereocenters. The normalized spacial score (nSPS) is 16.6. The van der Waals surface area contributed by atoms with E-state index in [0.717, 1.165) is 48.0 Å². The van der Waals surface area contributed by atoms with Crippen molar-refractivity contribution in [2.24, 2.45) is 0 Å². The van der Waals surface area contributed by atoms with Gasteiger partial charge in [-0.05, 0) is 37.1 Å². The Morgan fingerprint density at radius 1 is 1.14 bits per heavy atom.